The van der Waals surface area contributed by atoms with Crippen molar-refractivity contribution < 1.29 is 9.13 Å². The molecular weight excluding hydrogens is 243 g/mol. The molecule has 0 aliphatic carbocycles. The predicted octanol–water partition coefficient (Wildman–Crippen LogP) is 3.94. The zero-order valence-corrected chi connectivity index (χ0v) is 11.7. The second-order valence-corrected chi connectivity index (χ2v) is 4.79. The third kappa shape index (κ3) is 2.62. The summed E-state index contributed by atoms with van der Waals surface area (Å²) in [5.74, 6) is 1.32. The summed E-state index contributed by atoms with van der Waals surface area (Å²) < 4.78 is 18.8. The van der Waals surface area contributed by atoms with Gasteiger partial charge in [0.05, 0.1) is 7.11 Å². The fourth-order valence-corrected chi connectivity index (χ4v) is 2.14. The Morgan fingerprint density at radius 3 is 2.63 bits per heavy atom. The second-order valence-electron chi connectivity index (χ2n) is 4.79. The molecule has 0 unspecified atom stereocenters. The molecule has 0 radical (unpaired) electrons. The number of ether oxygens (including phenoxy) is 1. The van der Waals surface area contributed by atoms with Crippen LogP contribution in [-0.2, 0) is 0 Å². The molecule has 0 spiro atoms. The van der Waals surface area contributed by atoms with Crippen LogP contribution in [0.4, 0.5) is 10.2 Å². The molecule has 0 bridgehead atoms. The maximum atomic E-state index is 13.5. The lowest BCUT2D eigenvalue weighted by Crippen LogP contribution is -2.05. The highest BCUT2D eigenvalue weighted by Gasteiger charge is 2.13. The van der Waals surface area contributed by atoms with Crippen molar-refractivity contribution in [3.63, 3.8) is 0 Å². The molecule has 1 N–H and O–H groups in total. The van der Waals surface area contributed by atoms with Gasteiger partial charge in [0.2, 0.25) is 0 Å². The van der Waals surface area contributed by atoms with E-state index in [4.69, 9.17) is 4.74 Å². The molecule has 0 saturated carbocycles. The van der Waals surface area contributed by atoms with Gasteiger partial charge in [-0.3, -0.25) is 0 Å². The smallest absolute Gasteiger partial charge is 0.148 e. The number of rotatable bonds is 4. The minimum atomic E-state index is -0.308. The van der Waals surface area contributed by atoms with Crippen molar-refractivity contribution in [1.29, 1.82) is 0 Å². The third-order valence-electron chi connectivity index (χ3n) is 3.06. The molecule has 1 heterocycles. The molecule has 2 aromatic rings. The van der Waals surface area contributed by atoms with E-state index in [1.165, 1.54) is 19.2 Å². The fraction of sp³-hybridized carbons (Fsp3) is 0.400. The highest BCUT2D eigenvalue weighted by molar-refractivity contribution is 5.87. The van der Waals surface area contributed by atoms with Gasteiger partial charge < -0.3 is 10.1 Å². The monoisotopic (exact) mass is 262 g/mol. The third-order valence-corrected chi connectivity index (χ3v) is 3.06. The van der Waals surface area contributed by atoms with Gasteiger partial charge >= 0.3 is 0 Å². The number of nitrogens with zero attached hydrogens (tertiary/aromatic N) is 1. The van der Waals surface area contributed by atoms with Crippen molar-refractivity contribution in [3.05, 3.63) is 29.6 Å². The first-order chi connectivity index (χ1) is 9.06. The number of benzene rings is 1. The van der Waals surface area contributed by atoms with Crippen LogP contribution in [0, 0.1) is 5.82 Å². The number of pyridine rings is 1. The lowest BCUT2D eigenvalue weighted by atomic mass is 10.0. The Kier molecular flexibility index (Phi) is 3.88. The lowest BCUT2D eigenvalue weighted by Gasteiger charge is -2.15. The van der Waals surface area contributed by atoms with Crippen LogP contribution in [0.1, 0.15) is 32.3 Å². The molecule has 102 valence electrons. The summed E-state index contributed by atoms with van der Waals surface area (Å²) >= 11 is 0. The van der Waals surface area contributed by atoms with Crippen LogP contribution in [0.3, 0.4) is 0 Å². The highest BCUT2D eigenvalue weighted by Crippen LogP contribution is 2.31. The van der Waals surface area contributed by atoms with Crippen LogP contribution in [0.15, 0.2) is 18.2 Å². The molecule has 3 nitrogen and oxygen atoms in total. The summed E-state index contributed by atoms with van der Waals surface area (Å²) in [7, 11) is 1.53. The Balaban J connectivity index is 2.73. The van der Waals surface area contributed by atoms with Gasteiger partial charge in [-0.15, -0.1) is 0 Å². The van der Waals surface area contributed by atoms with Gasteiger partial charge in [-0.1, -0.05) is 13.8 Å². The van der Waals surface area contributed by atoms with Crippen LogP contribution < -0.4 is 10.1 Å². The zero-order valence-electron chi connectivity index (χ0n) is 11.7. The minimum absolute atomic E-state index is 0.308. The van der Waals surface area contributed by atoms with E-state index in [1.54, 1.807) is 0 Å². The van der Waals surface area contributed by atoms with Crippen molar-refractivity contribution in [1.82, 2.24) is 4.98 Å². The van der Waals surface area contributed by atoms with Crippen molar-refractivity contribution in [3.8, 4) is 5.75 Å². The Bertz CT molecular complexity index is 596. The fourth-order valence-electron chi connectivity index (χ4n) is 2.14. The quantitative estimate of drug-likeness (QED) is 0.906. The number of hydrogen-bond acceptors (Lipinski definition) is 3. The normalized spacial score (nSPS) is 11.1. The van der Waals surface area contributed by atoms with Gasteiger partial charge in [-0.05, 0) is 30.5 Å². The first-order valence-corrected chi connectivity index (χ1v) is 6.48. The van der Waals surface area contributed by atoms with Crippen molar-refractivity contribution in [2.24, 2.45) is 0 Å². The number of methoxy groups -OCH3 is 1. The molecule has 0 fully saturated rings. The van der Waals surface area contributed by atoms with Crippen LogP contribution in [0.25, 0.3) is 10.9 Å². The molecule has 0 atom stereocenters. The van der Waals surface area contributed by atoms with E-state index in [0.717, 1.165) is 23.3 Å². The molecule has 0 saturated heterocycles. The summed E-state index contributed by atoms with van der Waals surface area (Å²) in [6.07, 6.45) is 0. The SMILES string of the molecule is CCNc1nc2c(OC)cc(F)cc2cc1C(C)C. The summed E-state index contributed by atoms with van der Waals surface area (Å²) in [4.78, 5) is 4.60. The van der Waals surface area contributed by atoms with Gasteiger partial charge in [0.15, 0.2) is 0 Å². The van der Waals surface area contributed by atoms with E-state index in [2.05, 4.69) is 24.1 Å². The number of fused-ring (bicyclic) bond motifs is 1. The van der Waals surface area contributed by atoms with Crippen LogP contribution in [0.2, 0.25) is 0 Å². The largest absolute Gasteiger partial charge is 0.494 e. The number of anilines is 1. The van der Waals surface area contributed by atoms with Crippen LogP contribution >= 0.6 is 0 Å². The minimum Gasteiger partial charge on any atom is -0.494 e. The predicted molar refractivity (Wildman–Crippen MR) is 76.5 cm³/mol. The average molecular weight is 262 g/mol. The standard InChI is InChI=1S/C15H19FN2O/c1-5-17-15-12(9(2)3)7-10-6-11(16)8-13(19-4)14(10)18-15/h6-9H,5H2,1-4H3,(H,17,18). The first-order valence-electron chi connectivity index (χ1n) is 6.48. The molecule has 2 rings (SSSR count). The van der Waals surface area contributed by atoms with Crippen molar-refractivity contribution >= 4 is 16.7 Å². The van der Waals surface area contributed by atoms with Crippen molar-refractivity contribution in [2.45, 2.75) is 26.7 Å². The Morgan fingerprint density at radius 1 is 1.32 bits per heavy atom. The Hall–Kier alpha value is -1.84. The molecular formula is C15H19FN2O. The molecule has 19 heavy (non-hydrogen) atoms. The Morgan fingerprint density at radius 2 is 2.05 bits per heavy atom. The highest BCUT2D eigenvalue weighted by atomic mass is 19.1. The zero-order chi connectivity index (χ0) is 14.0. The summed E-state index contributed by atoms with van der Waals surface area (Å²) in [5.41, 5.74) is 1.77. The molecule has 0 amide bonds. The average Bonchev–Trinajstić information content (AvgIpc) is 2.37. The Labute approximate surface area is 112 Å². The van der Waals surface area contributed by atoms with E-state index < -0.39 is 0 Å². The summed E-state index contributed by atoms with van der Waals surface area (Å²) in [6, 6.07) is 4.84. The van der Waals surface area contributed by atoms with E-state index in [0.29, 0.717) is 17.2 Å². The number of aromatic nitrogens is 1. The van der Waals surface area contributed by atoms with Gasteiger partial charge in [0.25, 0.3) is 0 Å². The number of nitrogens with one attached hydrogen (secondary N) is 1. The van der Waals surface area contributed by atoms with Gasteiger partial charge in [0, 0.05) is 18.0 Å². The van der Waals surface area contributed by atoms with E-state index in [1.807, 2.05) is 13.0 Å². The lowest BCUT2D eigenvalue weighted by molar-refractivity contribution is 0.415. The first kappa shape index (κ1) is 13.6. The summed E-state index contributed by atoms with van der Waals surface area (Å²) in [6.45, 7) is 7.01. The van der Waals surface area contributed by atoms with Gasteiger partial charge in [-0.2, -0.15) is 0 Å². The maximum Gasteiger partial charge on any atom is 0.148 e. The van der Waals surface area contributed by atoms with E-state index in [9.17, 15) is 4.39 Å². The number of hydrogen-bond donors (Lipinski definition) is 1. The van der Waals surface area contributed by atoms with Gasteiger partial charge in [0.1, 0.15) is 22.9 Å². The van der Waals surface area contributed by atoms with Crippen LogP contribution in [0.5, 0.6) is 5.75 Å². The van der Waals surface area contributed by atoms with Gasteiger partial charge in [-0.25, -0.2) is 9.37 Å². The maximum absolute atomic E-state index is 13.5. The van der Waals surface area contributed by atoms with E-state index >= 15 is 0 Å². The molecule has 1 aromatic heterocycles. The van der Waals surface area contributed by atoms with Crippen LogP contribution in [-0.4, -0.2) is 18.6 Å². The van der Waals surface area contributed by atoms with E-state index in [-0.39, 0.29) is 5.82 Å². The molecule has 0 aliphatic rings. The summed E-state index contributed by atoms with van der Waals surface area (Å²) in [5, 5.41) is 4.02. The topological polar surface area (TPSA) is 34.2 Å². The number of halogens is 1. The molecule has 0 aliphatic heterocycles. The van der Waals surface area contributed by atoms with Crippen molar-refractivity contribution in [2.75, 3.05) is 19.0 Å². The molecule has 1 aromatic carbocycles. The molecule has 4 heteroatoms. The second kappa shape index (κ2) is 5.43.